The number of ketones is 1. The van der Waals surface area contributed by atoms with E-state index in [4.69, 9.17) is 23.2 Å². The lowest BCUT2D eigenvalue weighted by Gasteiger charge is -2.10. The summed E-state index contributed by atoms with van der Waals surface area (Å²) in [7, 11) is 3.71. The van der Waals surface area contributed by atoms with Crippen LogP contribution < -0.4 is 0 Å². The maximum absolute atomic E-state index is 11.6. The second kappa shape index (κ2) is 5.50. The van der Waals surface area contributed by atoms with E-state index < -0.39 is 0 Å². The molecule has 1 rings (SSSR count). The van der Waals surface area contributed by atoms with Gasteiger partial charge in [0.05, 0.1) is 6.54 Å². The van der Waals surface area contributed by atoms with E-state index in [1.165, 1.54) is 0 Å². The van der Waals surface area contributed by atoms with Gasteiger partial charge in [-0.15, -0.1) is 0 Å². The highest BCUT2D eigenvalue weighted by molar-refractivity contribution is 6.36. The van der Waals surface area contributed by atoms with Crippen LogP contribution in [0.2, 0.25) is 10.0 Å². The summed E-state index contributed by atoms with van der Waals surface area (Å²) < 4.78 is 0. The van der Waals surface area contributed by atoms with E-state index >= 15 is 0 Å². The van der Waals surface area contributed by atoms with Crippen molar-refractivity contribution in [2.45, 2.75) is 6.42 Å². The molecule has 2 nitrogen and oxygen atoms in total. The van der Waals surface area contributed by atoms with Crippen molar-refractivity contribution >= 4 is 29.0 Å². The van der Waals surface area contributed by atoms with Crippen LogP contribution in [0.1, 0.15) is 5.56 Å². The van der Waals surface area contributed by atoms with Gasteiger partial charge in [0.15, 0.2) is 5.78 Å². The molecule has 1 aromatic rings. The second-order valence-electron chi connectivity index (χ2n) is 3.65. The van der Waals surface area contributed by atoms with Crippen LogP contribution in [0.3, 0.4) is 0 Å². The molecule has 0 radical (unpaired) electrons. The summed E-state index contributed by atoms with van der Waals surface area (Å²) in [5.41, 5.74) is 0.715. The SMILES string of the molecule is CN(C)CC(=O)Cc1c(Cl)cccc1Cl. The summed E-state index contributed by atoms with van der Waals surface area (Å²) in [4.78, 5) is 13.4. The number of rotatable bonds is 4. The maximum atomic E-state index is 11.6. The van der Waals surface area contributed by atoms with Crippen molar-refractivity contribution in [3.8, 4) is 0 Å². The summed E-state index contributed by atoms with van der Waals surface area (Å²) >= 11 is 11.9. The molecule has 0 aliphatic carbocycles. The maximum Gasteiger partial charge on any atom is 0.151 e. The van der Waals surface area contributed by atoms with E-state index in [-0.39, 0.29) is 12.2 Å². The molecule has 0 amide bonds. The van der Waals surface area contributed by atoms with E-state index in [0.29, 0.717) is 22.2 Å². The number of benzene rings is 1. The van der Waals surface area contributed by atoms with Crippen molar-refractivity contribution in [3.05, 3.63) is 33.8 Å². The predicted octanol–water partition coefficient (Wildman–Crippen LogP) is 2.67. The van der Waals surface area contributed by atoms with Crippen LogP contribution in [0.4, 0.5) is 0 Å². The minimum Gasteiger partial charge on any atom is -0.302 e. The summed E-state index contributed by atoms with van der Waals surface area (Å²) in [5, 5.41) is 1.10. The molecule has 15 heavy (non-hydrogen) atoms. The van der Waals surface area contributed by atoms with Crippen LogP contribution in [0.25, 0.3) is 0 Å². The van der Waals surface area contributed by atoms with Gasteiger partial charge in [0, 0.05) is 16.5 Å². The number of hydrogen-bond acceptors (Lipinski definition) is 2. The first-order valence-corrected chi connectivity index (χ1v) is 5.35. The zero-order valence-electron chi connectivity index (χ0n) is 8.76. The summed E-state index contributed by atoms with van der Waals surface area (Å²) in [6, 6.07) is 5.25. The van der Waals surface area contributed by atoms with Gasteiger partial charge in [0.2, 0.25) is 0 Å². The smallest absolute Gasteiger partial charge is 0.151 e. The van der Waals surface area contributed by atoms with Crippen LogP contribution in [0.5, 0.6) is 0 Å². The molecule has 0 saturated carbocycles. The van der Waals surface area contributed by atoms with E-state index in [1.807, 2.05) is 19.0 Å². The number of carbonyl (C=O) groups is 1. The quantitative estimate of drug-likeness (QED) is 0.814. The fraction of sp³-hybridized carbons (Fsp3) is 0.364. The van der Waals surface area contributed by atoms with Gasteiger partial charge in [-0.25, -0.2) is 0 Å². The Morgan fingerprint density at radius 2 is 1.80 bits per heavy atom. The molecule has 0 N–H and O–H groups in total. The average molecular weight is 246 g/mol. The molecule has 0 bridgehead atoms. The van der Waals surface area contributed by atoms with Gasteiger partial charge in [-0.3, -0.25) is 4.79 Å². The topological polar surface area (TPSA) is 20.3 Å². The first kappa shape index (κ1) is 12.5. The number of hydrogen-bond donors (Lipinski definition) is 0. The Kier molecular flexibility index (Phi) is 4.58. The van der Waals surface area contributed by atoms with Crippen molar-refractivity contribution in [2.75, 3.05) is 20.6 Å². The molecule has 82 valence electrons. The normalized spacial score (nSPS) is 10.7. The molecule has 0 saturated heterocycles. The zero-order chi connectivity index (χ0) is 11.4. The summed E-state index contributed by atoms with van der Waals surface area (Å²) in [5.74, 6) is 0.106. The highest BCUT2D eigenvalue weighted by atomic mass is 35.5. The highest BCUT2D eigenvalue weighted by Crippen LogP contribution is 2.24. The minimum absolute atomic E-state index is 0.106. The molecule has 0 aromatic heterocycles. The first-order chi connectivity index (χ1) is 7.00. The molecule has 0 heterocycles. The highest BCUT2D eigenvalue weighted by Gasteiger charge is 2.11. The van der Waals surface area contributed by atoms with E-state index in [2.05, 4.69) is 0 Å². The summed E-state index contributed by atoms with van der Waals surface area (Å²) in [6.07, 6.45) is 0.288. The second-order valence-corrected chi connectivity index (χ2v) is 4.47. The largest absolute Gasteiger partial charge is 0.302 e. The Bertz CT molecular complexity index is 343. The zero-order valence-corrected chi connectivity index (χ0v) is 10.3. The average Bonchev–Trinajstić information content (AvgIpc) is 2.10. The third kappa shape index (κ3) is 3.82. The van der Waals surface area contributed by atoms with Crippen molar-refractivity contribution in [3.63, 3.8) is 0 Å². The van der Waals surface area contributed by atoms with Crippen molar-refractivity contribution in [2.24, 2.45) is 0 Å². The van der Waals surface area contributed by atoms with E-state index in [0.717, 1.165) is 0 Å². The van der Waals surface area contributed by atoms with Gasteiger partial charge in [0.1, 0.15) is 0 Å². The first-order valence-electron chi connectivity index (χ1n) is 4.60. The van der Waals surface area contributed by atoms with Gasteiger partial charge < -0.3 is 4.90 Å². The van der Waals surface area contributed by atoms with Gasteiger partial charge in [-0.05, 0) is 31.8 Å². The Balaban J connectivity index is 2.76. The third-order valence-electron chi connectivity index (χ3n) is 1.93. The van der Waals surface area contributed by atoms with Crippen LogP contribution >= 0.6 is 23.2 Å². The van der Waals surface area contributed by atoms with Crippen molar-refractivity contribution < 1.29 is 4.79 Å². The molecule has 0 spiro atoms. The predicted molar refractivity (Wildman–Crippen MR) is 63.7 cm³/mol. The lowest BCUT2D eigenvalue weighted by Crippen LogP contribution is -2.23. The number of nitrogens with zero attached hydrogens (tertiary/aromatic N) is 1. The van der Waals surface area contributed by atoms with Crippen molar-refractivity contribution in [1.82, 2.24) is 4.90 Å². The molecule has 0 unspecified atom stereocenters. The molecule has 1 aromatic carbocycles. The van der Waals surface area contributed by atoms with Gasteiger partial charge in [0.25, 0.3) is 0 Å². The van der Waals surface area contributed by atoms with Gasteiger partial charge in [-0.1, -0.05) is 29.3 Å². The minimum atomic E-state index is 0.106. The Morgan fingerprint density at radius 3 is 2.27 bits per heavy atom. The Morgan fingerprint density at radius 1 is 1.27 bits per heavy atom. The molecule has 0 aliphatic rings. The van der Waals surface area contributed by atoms with Crippen LogP contribution in [0.15, 0.2) is 18.2 Å². The number of halogens is 2. The number of likely N-dealkylation sites (N-methyl/N-ethyl adjacent to an activating group) is 1. The van der Waals surface area contributed by atoms with Crippen LogP contribution in [0, 0.1) is 0 Å². The summed E-state index contributed by atoms with van der Waals surface area (Å²) in [6.45, 7) is 0.404. The Hall–Kier alpha value is -0.570. The molecule has 4 heteroatoms. The standard InChI is InChI=1S/C11H13Cl2NO/c1-14(2)7-8(15)6-9-10(12)4-3-5-11(9)13/h3-5H,6-7H2,1-2H3. The third-order valence-corrected chi connectivity index (χ3v) is 2.64. The van der Waals surface area contributed by atoms with Crippen LogP contribution in [-0.2, 0) is 11.2 Å². The van der Waals surface area contributed by atoms with Crippen molar-refractivity contribution in [1.29, 1.82) is 0 Å². The van der Waals surface area contributed by atoms with Crippen LogP contribution in [-0.4, -0.2) is 31.3 Å². The lowest BCUT2D eigenvalue weighted by atomic mass is 10.1. The van der Waals surface area contributed by atoms with Gasteiger partial charge in [-0.2, -0.15) is 0 Å². The van der Waals surface area contributed by atoms with Gasteiger partial charge >= 0.3 is 0 Å². The molecule has 0 atom stereocenters. The van der Waals surface area contributed by atoms with E-state index in [9.17, 15) is 4.79 Å². The lowest BCUT2D eigenvalue weighted by molar-refractivity contribution is -0.119. The fourth-order valence-electron chi connectivity index (χ4n) is 1.31. The number of carbonyl (C=O) groups excluding carboxylic acids is 1. The molecule has 0 aliphatic heterocycles. The molecule has 0 fully saturated rings. The molecular weight excluding hydrogens is 233 g/mol. The van der Waals surface area contributed by atoms with E-state index in [1.54, 1.807) is 18.2 Å². The Labute approximate surface area is 99.8 Å². The monoisotopic (exact) mass is 245 g/mol. The fourth-order valence-corrected chi connectivity index (χ4v) is 1.84. The number of Topliss-reactive ketones (excluding diaryl/α,β-unsaturated/α-hetero) is 1. The molecular formula is C11H13Cl2NO.